The molecule has 9 heteroatoms. The molecule has 0 saturated carbocycles. The fourth-order valence-corrected chi connectivity index (χ4v) is 5.00. The second-order valence-electron chi connectivity index (χ2n) is 8.91. The summed E-state index contributed by atoms with van der Waals surface area (Å²) < 4.78 is 19.5. The minimum Gasteiger partial charge on any atom is -0.379 e. The molecule has 0 aliphatic carbocycles. The van der Waals surface area contributed by atoms with E-state index in [0.29, 0.717) is 6.04 Å². The molecule has 7 nitrogen and oxygen atoms in total. The number of nitrogens with one attached hydrogen (secondary N) is 1. The average Bonchev–Trinajstić information content (AvgIpc) is 3.33. The Hall–Kier alpha value is -1.17. The van der Waals surface area contributed by atoms with E-state index in [1.54, 1.807) is 12.1 Å². The smallest absolute Gasteiger partial charge is 0.193 e. The van der Waals surface area contributed by atoms with Gasteiger partial charge in [-0.2, -0.15) is 0 Å². The van der Waals surface area contributed by atoms with E-state index >= 15 is 0 Å². The molecule has 0 radical (unpaired) electrons. The number of anilines is 1. The van der Waals surface area contributed by atoms with Crippen molar-refractivity contribution in [2.75, 3.05) is 90.1 Å². The molecule has 186 valence electrons. The number of ether oxygens (including phenoxy) is 1. The lowest BCUT2D eigenvalue weighted by Gasteiger charge is -2.36. The molecular formula is C24H40FIN6O. The Balaban J connectivity index is 0.00000306. The third kappa shape index (κ3) is 7.40. The summed E-state index contributed by atoms with van der Waals surface area (Å²) in [7, 11) is 0. The van der Waals surface area contributed by atoms with E-state index in [1.165, 1.54) is 6.42 Å². The van der Waals surface area contributed by atoms with Crippen LogP contribution in [0.2, 0.25) is 0 Å². The number of nitrogens with zero attached hydrogens (tertiary/aromatic N) is 5. The highest BCUT2D eigenvalue weighted by Crippen LogP contribution is 2.20. The number of benzene rings is 1. The molecule has 1 aromatic carbocycles. The van der Waals surface area contributed by atoms with E-state index in [-0.39, 0.29) is 29.8 Å². The topological polar surface area (TPSA) is 46.6 Å². The molecule has 1 aromatic rings. The fraction of sp³-hybridized carbons (Fsp3) is 0.708. The Morgan fingerprint density at radius 1 is 1.09 bits per heavy atom. The van der Waals surface area contributed by atoms with E-state index in [2.05, 4.69) is 31.8 Å². The predicted molar refractivity (Wildman–Crippen MR) is 143 cm³/mol. The number of morpholine rings is 1. The Morgan fingerprint density at radius 2 is 1.85 bits per heavy atom. The van der Waals surface area contributed by atoms with Crippen molar-refractivity contribution in [1.29, 1.82) is 0 Å². The molecule has 1 unspecified atom stereocenters. The third-order valence-corrected chi connectivity index (χ3v) is 6.82. The summed E-state index contributed by atoms with van der Waals surface area (Å²) in [6.45, 7) is 14.6. The first-order valence-electron chi connectivity index (χ1n) is 12.3. The Labute approximate surface area is 215 Å². The van der Waals surface area contributed by atoms with Crippen molar-refractivity contribution < 1.29 is 9.13 Å². The van der Waals surface area contributed by atoms with Crippen molar-refractivity contribution in [3.05, 3.63) is 30.1 Å². The Morgan fingerprint density at radius 3 is 2.58 bits per heavy atom. The van der Waals surface area contributed by atoms with Crippen LogP contribution in [0.1, 0.15) is 19.8 Å². The lowest BCUT2D eigenvalue weighted by Crippen LogP contribution is -2.47. The van der Waals surface area contributed by atoms with Gasteiger partial charge in [-0.05, 0) is 31.9 Å². The summed E-state index contributed by atoms with van der Waals surface area (Å²) in [5.74, 6) is 0.941. The number of piperazine rings is 1. The maximum Gasteiger partial charge on any atom is 0.193 e. The molecule has 3 aliphatic heterocycles. The van der Waals surface area contributed by atoms with E-state index < -0.39 is 0 Å². The largest absolute Gasteiger partial charge is 0.379 e. The monoisotopic (exact) mass is 574 g/mol. The standard InChI is InChI=1S/C24H39FN6O.HI/c1-2-26-24(31-11-8-21(20-31)29-16-18-32-19-17-29)27-9-5-10-28-12-14-30(15-13-28)23-7-4-3-6-22(23)25;/h3-4,6-7,21H,2,5,8-20H2,1H3,(H,26,27);1H. The van der Waals surface area contributed by atoms with Gasteiger partial charge in [0.25, 0.3) is 0 Å². The molecule has 1 atom stereocenters. The van der Waals surface area contributed by atoms with Crippen molar-refractivity contribution in [2.45, 2.75) is 25.8 Å². The highest BCUT2D eigenvalue weighted by atomic mass is 127. The molecule has 0 spiro atoms. The van der Waals surface area contributed by atoms with Gasteiger partial charge in [0.05, 0.1) is 18.9 Å². The van der Waals surface area contributed by atoms with E-state index in [4.69, 9.17) is 9.73 Å². The van der Waals surface area contributed by atoms with Gasteiger partial charge in [-0.3, -0.25) is 14.8 Å². The number of hydrogen-bond acceptors (Lipinski definition) is 5. The van der Waals surface area contributed by atoms with Gasteiger partial charge in [0.2, 0.25) is 0 Å². The first-order valence-corrected chi connectivity index (χ1v) is 12.3. The molecule has 3 saturated heterocycles. The number of rotatable bonds is 7. The molecule has 0 aromatic heterocycles. The maximum atomic E-state index is 14.0. The van der Waals surface area contributed by atoms with Crippen LogP contribution in [0.4, 0.5) is 10.1 Å². The fourth-order valence-electron chi connectivity index (χ4n) is 5.00. The Bertz CT molecular complexity index is 739. The van der Waals surface area contributed by atoms with Gasteiger partial charge in [-0.15, -0.1) is 24.0 Å². The molecule has 3 aliphatic rings. The number of para-hydroxylation sites is 1. The minimum absolute atomic E-state index is 0. The number of guanidine groups is 1. The second-order valence-corrected chi connectivity index (χ2v) is 8.91. The van der Waals surface area contributed by atoms with Gasteiger partial charge in [0.1, 0.15) is 5.82 Å². The summed E-state index contributed by atoms with van der Waals surface area (Å²) in [5, 5.41) is 3.49. The summed E-state index contributed by atoms with van der Waals surface area (Å²) in [6, 6.07) is 7.71. The molecule has 33 heavy (non-hydrogen) atoms. The van der Waals surface area contributed by atoms with Crippen LogP contribution in [-0.4, -0.2) is 112 Å². The SMILES string of the molecule is CCNC(=NCCCN1CCN(c2ccccc2F)CC1)N1CCC(N2CCOCC2)C1.I. The molecule has 4 rings (SSSR count). The van der Waals surface area contributed by atoms with Crippen LogP contribution >= 0.6 is 24.0 Å². The van der Waals surface area contributed by atoms with Gasteiger partial charge in [-0.25, -0.2) is 4.39 Å². The maximum absolute atomic E-state index is 14.0. The van der Waals surface area contributed by atoms with Gasteiger partial charge in [-0.1, -0.05) is 12.1 Å². The van der Waals surface area contributed by atoms with Crippen molar-refractivity contribution in [3.63, 3.8) is 0 Å². The minimum atomic E-state index is -0.121. The van der Waals surface area contributed by atoms with E-state index in [9.17, 15) is 4.39 Å². The van der Waals surface area contributed by atoms with Crippen LogP contribution in [0.15, 0.2) is 29.3 Å². The number of halogens is 2. The number of hydrogen-bond donors (Lipinski definition) is 1. The van der Waals surface area contributed by atoms with Crippen LogP contribution in [0.5, 0.6) is 0 Å². The lowest BCUT2D eigenvalue weighted by atomic mass is 10.2. The van der Waals surface area contributed by atoms with Crippen LogP contribution in [0, 0.1) is 5.82 Å². The quantitative estimate of drug-likeness (QED) is 0.234. The third-order valence-electron chi connectivity index (χ3n) is 6.82. The van der Waals surface area contributed by atoms with Gasteiger partial charge < -0.3 is 19.9 Å². The van der Waals surface area contributed by atoms with Crippen molar-refractivity contribution in [3.8, 4) is 0 Å². The zero-order chi connectivity index (χ0) is 22.2. The van der Waals surface area contributed by atoms with Crippen LogP contribution in [0.3, 0.4) is 0 Å². The van der Waals surface area contributed by atoms with Crippen LogP contribution < -0.4 is 10.2 Å². The summed E-state index contributed by atoms with van der Waals surface area (Å²) in [6.07, 6.45) is 2.26. The lowest BCUT2D eigenvalue weighted by molar-refractivity contribution is 0.0195. The van der Waals surface area contributed by atoms with Crippen molar-refractivity contribution in [1.82, 2.24) is 20.0 Å². The van der Waals surface area contributed by atoms with E-state index in [0.717, 1.165) is 103 Å². The molecule has 3 fully saturated rings. The Kier molecular flexibility index (Phi) is 10.9. The molecule has 1 N–H and O–H groups in total. The van der Waals surface area contributed by atoms with Crippen molar-refractivity contribution >= 4 is 35.6 Å². The summed E-state index contributed by atoms with van der Waals surface area (Å²) in [5.41, 5.74) is 0.730. The zero-order valence-corrected chi connectivity index (χ0v) is 22.3. The van der Waals surface area contributed by atoms with Crippen molar-refractivity contribution in [2.24, 2.45) is 4.99 Å². The number of aliphatic imine (C=N–C) groups is 1. The molecule has 0 bridgehead atoms. The molecule has 3 heterocycles. The van der Waals surface area contributed by atoms with Gasteiger partial charge in [0.15, 0.2) is 5.96 Å². The first kappa shape index (κ1) is 26.4. The zero-order valence-electron chi connectivity index (χ0n) is 19.9. The summed E-state index contributed by atoms with van der Waals surface area (Å²) >= 11 is 0. The van der Waals surface area contributed by atoms with Crippen LogP contribution in [-0.2, 0) is 4.74 Å². The highest BCUT2D eigenvalue weighted by molar-refractivity contribution is 14.0. The predicted octanol–water partition coefficient (Wildman–Crippen LogP) is 2.33. The van der Waals surface area contributed by atoms with E-state index in [1.807, 2.05) is 12.1 Å². The van der Waals surface area contributed by atoms with Gasteiger partial charge in [0, 0.05) is 78.0 Å². The van der Waals surface area contributed by atoms with Gasteiger partial charge >= 0.3 is 0 Å². The average molecular weight is 575 g/mol. The number of likely N-dealkylation sites (tertiary alicyclic amines) is 1. The second kappa shape index (κ2) is 13.7. The first-order chi connectivity index (χ1) is 15.7. The normalized spacial score (nSPS) is 23.0. The summed E-state index contributed by atoms with van der Waals surface area (Å²) in [4.78, 5) is 14.6. The molecule has 0 amide bonds. The highest BCUT2D eigenvalue weighted by Gasteiger charge is 2.30. The molecular weight excluding hydrogens is 534 g/mol. The van der Waals surface area contributed by atoms with Crippen LogP contribution in [0.25, 0.3) is 0 Å².